The predicted molar refractivity (Wildman–Crippen MR) is 94.9 cm³/mol. The predicted octanol–water partition coefficient (Wildman–Crippen LogP) is 2.65. The average Bonchev–Trinajstić information content (AvgIpc) is 3.18. The molecule has 0 aliphatic carbocycles. The molecule has 3 heterocycles. The van der Waals surface area contributed by atoms with Gasteiger partial charge in [0.2, 0.25) is 0 Å². The summed E-state index contributed by atoms with van der Waals surface area (Å²) in [5.41, 5.74) is 0.558. The van der Waals surface area contributed by atoms with Crippen LogP contribution in [0.4, 0.5) is 19.9 Å². The van der Waals surface area contributed by atoms with Crippen LogP contribution in [0, 0.1) is 5.13 Å². The van der Waals surface area contributed by atoms with Crippen molar-refractivity contribution in [2.24, 2.45) is 0 Å². The second-order valence-corrected chi connectivity index (χ2v) is 7.05. The van der Waals surface area contributed by atoms with Gasteiger partial charge >= 0.3 is 6.09 Å². The number of rotatable bonds is 4. The Morgan fingerprint density at radius 1 is 1.42 bits per heavy atom. The van der Waals surface area contributed by atoms with E-state index in [1.54, 1.807) is 25.3 Å². The molecule has 26 heavy (non-hydrogen) atoms. The van der Waals surface area contributed by atoms with Gasteiger partial charge in [0, 0.05) is 12.3 Å². The number of hydrogen-bond acceptors (Lipinski definition) is 8. The van der Waals surface area contributed by atoms with Gasteiger partial charge in [0.25, 0.3) is 11.8 Å². The number of nitrogens with one attached hydrogen (secondary N) is 3. The van der Waals surface area contributed by atoms with Crippen molar-refractivity contribution in [2.75, 3.05) is 17.2 Å². The summed E-state index contributed by atoms with van der Waals surface area (Å²) in [6.07, 6.45) is 0.663. The number of carbonyl (C=O) groups excluding carboxylic acids is 3. The van der Waals surface area contributed by atoms with Gasteiger partial charge in [0.05, 0.1) is 17.9 Å². The summed E-state index contributed by atoms with van der Waals surface area (Å²) >= 11 is 1.79. The average molecular weight is 396 g/mol. The summed E-state index contributed by atoms with van der Waals surface area (Å²) < 4.78 is 18.2. The van der Waals surface area contributed by atoms with E-state index in [1.807, 2.05) is 5.32 Å². The van der Waals surface area contributed by atoms with Crippen molar-refractivity contribution in [1.29, 1.82) is 0 Å². The molecule has 0 bridgehead atoms. The molecule has 1 aliphatic heterocycles. The fourth-order valence-corrected chi connectivity index (χ4v) is 3.86. The number of alkyl carbamates (subject to hydrolysis) is 1. The number of nitrogens with zero attached hydrogens (tertiary/aromatic N) is 1. The molecule has 136 valence electrons. The molecule has 1 unspecified atom stereocenters. The van der Waals surface area contributed by atoms with Crippen molar-refractivity contribution in [3.8, 4) is 0 Å². The van der Waals surface area contributed by atoms with Crippen molar-refractivity contribution in [2.45, 2.75) is 17.3 Å². The number of amides is 3. The van der Waals surface area contributed by atoms with Crippen molar-refractivity contribution in [3.63, 3.8) is 0 Å². The highest BCUT2D eigenvalue weighted by Gasteiger charge is 2.30. The van der Waals surface area contributed by atoms with Gasteiger partial charge in [0.1, 0.15) is 10.0 Å². The monoisotopic (exact) mass is 396 g/mol. The zero-order chi connectivity index (χ0) is 18.7. The fraction of sp³-hybridized carbons (Fsp3) is 0.200. The largest absolute Gasteiger partial charge is 0.450 e. The third-order valence-corrected chi connectivity index (χ3v) is 5.15. The molecule has 0 saturated carbocycles. The first-order valence-corrected chi connectivity index (χ1v) is 9.14. The van der Waals surface area contributed by atoms with Crippen LogP contribution in [0.1, 0.15) is 17.3 Å². The molecule has 1 atom stereocenters. The second kappa shape index (κ2) is 7.70. The molecule has 0 spiro atoms. The number of aromatic nitrogens is 1. The smallest absolute Gasteiger partial charge is 0.414 e. The zero-order valence-corrected chi connectivity index (χ0v) is 15.0. The van der Waals surface area contributed by atoms with Crippen LogP contribution in [-0.4, -0.2) is 34.9 Å². The van der Waals surface area contributed by atoms with Crippen LogP contribution in [0.2, 0.25) is 0 Å². The number of carbonyl (C=O) groups is 3. The van der Waals surface area contributed by atoms with E-state index in [9.17, 15) is 18.8 Å². The highest BCUT2D eigenvalue weighted by molar-refractivity contribution is 8.01. The van der Waals surface area contributed by atoms with Gasteiger partial charge < -0.3 is 15.4 Å². The maximum absolute atomic E-state index is 13.6. The van der Waals surface area contributed by atoms with Crippen molar-refractivity contribution >= 4 is 51.7 Å². The fourth-order valence-electron chi connectivity index (χ4n) is 2.12. The van der Waals surface area contributed by atoms with Crippen molar-refractivity contribution in [1.82, 2.24) is 10.3 Å². The van der Waals surface area contributed by atoms with Gasteiger partial charge in [-0.1, -0.05) is 23.1 Å². The summed E-state index contributed by atoms with van der Waals surface area (Å²) in [5.74, 6) is -1.34. The van der Waals surface area contributed by atoms with Gasteiger partial charge in [-0.25, -0.2) is 9.78 Å². The summed E-state index contributed by atoms with van der Waals surface area (Å²) in [7, 11) is 0. The van der Waals surface area contributed by atoms with Gasteiger partial charge in [-0.15, -0.1) is 0 Å². The molecule has 0 saturated heterocycles. The first-order chi connectivity index (χ1) is 12.5. The summed E-state index contributed by atoms with van der Waals surface area (Å²) in [5, 5.41) is 6.78. The minimum absolute atomic E-state index is 0.000568. The molecule has 1 aliphatic rings. The molecule has 3 rings (SSSR count). The molecule has 0 radical (unpaired) electrons. The van der Waals surface area contributed by atoms with E-state index in [-0.39, 0.29) is 17.2 Å². The van der Waals surface area contributed by atoms with E-state index in [4.69, 9.17) is 0 Å². The Bertz CT molecular complexity index is 848. The van der Waals surface area contributed by atoms with Crippen LogP contribution in [0.15, 0.2) is 29.4 Å². The molecular formula is C15H13FN4O4S2. The molecular weight excluding hydrogens is 383 g/mol. The van der Waals surface area contributed by atoms with E-state index in [0.29, 0.717) is 16.4 Å². The normalized spacial score (nSPS) is 14.9. The van der Waals surface area contributed by atoms with E-state index in [1.165, 1.54) is 11.8 Å². The number of anilines is 2. The molecule has 0 fully saturated rings. The second-order valence-electron chi connectivity index (χ2n) is 4.96. The lowest BCUT2D eigenvalue weighted by molar-refractivity contribution is -0.115. The minimum Gasteiger partial charge on any atom is -0.450 e. The number of thioether (sulfide) groups is 1. The number of fused-ring (bicyclic) bond motifs is 1. The topological polar surface area (TPSA) is 109 Å². The molecule has 2 aromatic heterocycles. The number of ether oxygens (including phenoxy) is 1. The first kappa shape index (κ1) is 18.1. The lowest BCUT2D eigenvalue weighted by Gasteiger charge is -2.11. The van der Waals surface area contributed by atoms with Crippen LogP contribution >= 0.6 is 23.1 Å². The number of thiophene rings is 1. The Labute approximate surface area is 155 Å². The number of pyridine rings is 1. The Morgan fingerprint density at radius 3 is 2.96 bits per heavy atom. The maximum Gasteiger partial charge on any atom is 0.414 e. The highest BCUT2D eigenvalue weighted by Crippen LogP contribution is 2.37. The van der Waals surface area contributed by atoms with Crippen LogP contribution < -0.4 is 16.0 Å². The van der Waals surface area contributed by atoms with Gasteiger partial charge in [-0.3, -0.25) is 14.9 Å². The van der Waals surface area contributed by atoms with E-state index < -0.39 is 28.4 Å². The molecule has 2 aromatic rings. The van der Waals surface area contributed by atoms with E-state index in [0.717, 1.165) is 11.8 Å². The minimum atomic E-state index is -0.948. The van der Waals surface area contributed by atoms with Gasteiger partial charge in [-0.05, 0) is 19.1 Å². The highest BCUT2D eigenvalue weighted by atomic mass is 32.2. The molecule has 3 N–H and O–H groups in total. The number of imide groups is 1. The molecule has 0 aromatic carbocycles. The van der Waals surface area contributed by atoms with Crippen molar-refractivity contribution in [3.05, 3.63) is 35.1 Å². The molecule has 11 heteroatoms. The van der Waals surface area contributed by atoms with E-state index in [2.05, 4.69) is 20.4 Å². The summed E-state index contributed by atoms with van der Waals surface area (Å²) in [6, 6.07) is 4.46. The van der Waals surface area contributed by atoms with Crippen LogP contribution in [0.25, 0.3) is 0 Å². The van der Waals surface area contributed by atoms with Gasteiger partial charge in [-0.2, -0.15) is 4.39 Å². The van der Waals surface area contributed by atoms with E-state index >= 15 is 0 Å². The van der Waals surface area contributed by atoms with Crippen LogP contribution in [0.5, 0.6) is 0 Å². The Hall–Kier alpha value is -2.66. The lowest BCUT2D eigenvalue weighted by Crippen LogP contribution is -2.32. The van der Waals surface area contributed by atoms with Crippen molar-refractivity contribution < 1.29 is 23.5 Å². The third kappa shape index (κ3) is 3.94. The standard InChI is InChI=1S/C15H13FN4O4S2/c1-2-24-15(23)20-10(21)7-6-9(16)25-12(7)19-11(22)14-18-8-4-3-5-17-13(8)26-14/h3-6,14,18H,2H2,1H3,(H,19,22)(H,20,21,23). The number of hydrogen-bond donors (Lipinski definition) is 3. The third-order valence-electron chi connectivity index (χ3n) is 3.20. The molecule has 8 nitrogen and oxygen atoms in total. The number of halogens is 1. The lowest BCUT2D eigenvalue weighted by atomic mass is 10.3. The SMILES string of the molecule is CCOC(=O)NC(=O)c1cc(F)sc1NC(=O)C1Nc2cccnc2S1. The summed E-state index contributed by atoms with van der Waals surface area (Å²) in [4.78, 5) is 40.0. The molecule has 3 amide bonds. The Kier molecular flexibility index (Phi) is 5.38. The van der Waals surface area contributed by atoms with Gasteiger partial charge in [0.15, 0.2) is 10.5 Å². The Balaban J connectivity index is 1.70. The maximum atomic E-state index is 13.6. The quantitative estimate of drug-likeness (QED) is 0.729. The Morgan fingerprint density at radius 2 is 2.23 bits per heavy atom. The van der Waals surface area contributed by atoms with Crippen LogP contribution in [-0.2, 0) is 9.53 Å². The first-order valence-electron chi connectivity index (χ1n) is 7.44. The summed E-state index contributed by atoms with van der Waals surface area (Å²) in [6.45, 7) is 1.67. The van der Waals surface area contributed by atoms with Crippen LogP contribution in [0.3, 0.4) is 0 Å². The zero-order valence-electron chi connectivity index (χ0n) is 13.4.